The van der Waals surface area contributed by atoms with Gasteiger partial charge in [0.25, 0.3) is 0 Å². The fourth-order valence-electron chi connectivity index (χ4n) is 2.21. The molecule has 0 bridgehead atoms. The van der Waals surface area contributed by atoms with Gasteiger partial charge >= 0.3 is 0 Å². The van der Waals surface area contributed by atoms with E-state index in [1.165, 1.54) is 23.6 Å². The third-order valence-corrected chi connectivity index (χ3v) is 4.47. The first-order valence-corrected chi connectivity index (χ1v) is 8.36. The van der Waals surface area contributed by atoms with Crippen molar-refractivity contribution in [2.45, 2.75) is 0 Å². The van der Waals surface area contributed by atoms with Crippen molar-refractivity contribution in [1.82, 2.24) is 15.0 Å². The van der Waals surface area contributed by atoms with E-state index >= 15 is 0 Å². The molecule has 0 spiro atoms. The third-order valence-electron chi connectivity index (χ3n) is 3.36. The van der Waals surface area contributed by atoms with E-state index in [1.54, 1.807) is 12.1 Å². The van der Waals surface area contributed by atoms with Gasteiger partial charge < -0.3 is 4.74 Å². The molecule has 0 amide bonds. The van der Waals surface area contributed by atoms with Gasteiger partial charge in [0.05, 0.1) is 5.52 Å². The van der Waals surface area contributed by atoms with Crippen molar-refractivity contribution >= 4 is 33.2 Å². The summed E-state index contributed by atoms with van der Waals surface area (Å²) in [7, 11) is 0. The lowest BCUT2D eigenvalue weighted by molar-refractivity contribution is 0.429. The van der Waals surface area contributed by atoms with Gasteiger partial charge in [-0.05, 0) is 35.7 Å². The maximum atomic E-state index is 13.9. The molecule has 0 saturated heterocycles. The fourth-order valence-corrected chi connectivity index (χ4v) is 3.07. The first kappa shape index (κ1) is 15.9. The smallest absolute Gasteiger partial charge is 0.241 e. The Labute approximate surface area is 149 Å². The van der Waals surface area contributed by atoms with Gasteiger partial charge in [0.2, 0.25) is 5.88 Å². The standard InChI is InChI=1S/C17H8ClF2N3OS/c18-14-4-1-9(8-21-14)16-22-12-5-6-25-15(12)17(23-16)24-13-3-2-10(19)7-11(13)20/h1-8H. The molecule has 25 heavy (non-hydrogen) atoms. The van der Waals surface area contributed by atoms with Gasteiger partial charge in [0.15, 0.2) is 17.4 Å². The highest BCUT2D eigenvalue weighted by molar-refractivity contribution is 7.17. The van der Waals surface area contributed by atoms with Crippen molar-refractivity contribution in [3.63, 3.8) is 0 Å². The summed E-state index contributed by atoms with van der Waals surface area (Å²) in [6.45, 7) is 0. The molecule has 3 heterocycles. The third kappa shape index (κ3) is 3.16. The SMILES string of the molecule is Fc1ccc(Oc2nc(-c3ccc(Cl)nc3)nc3ccsc23)c(F)c1. The molecule has 124 valence electrons. The van der Waals surface area contributed by atoms with Crippen LogP contribution in [0.15, 0.2) is 48.0 Å². The Morgan fingerprint density at radius 1 is 1.04 bits per heavy atom. The van der Waals surface area contributed by atoms with Gasteiger partial charge in [-0.25, -0.2) is 18.7 Å². The van der Waals surface area contributed by atoms with Crippen LogP contribution in [0.4, 0.5) is 8.78 Å². The Morgan fingerprint density at radius 2 is 1.92 bits per heavy atom. The van der Waals surface area contributed by atoms with E-state index in [2.05, 4.69) is 15.0 Å². The second kappa shape index (κ2) is 6.34. The molecule has 0 N–H and O–H groups in total. The average Bonchev–Trinajstić information content (AvgIpc) is 3.07. The van der Waals surface area contributed by atoms with Crippen LogP contribution in [0.25, 0.3) is 21.6 Å². The highest BCUT2D eigenvalue weighted by Crippen LogP contribution is 2.34. The molecule has 0 aliphatic heterocycles. The minimum Gasteiger partial charge on any atom is -0.434 e. The predicted molar refractivity (Wildman–Crippen MR) is 92.1 cm³/mol. The zero-order chi connectivity index (χ0) is 17.4. The maximum Gasteiger partial charge on any atom is 0.241 e. The number of hydrogen-bond acceptors (Lipinski definition) is 5. The first-order valence-electron chi connectivity index (χ1n) is 7.10. The minimum atomic E-state index is -0.807. The topological polar surface area (TPSA) is 47.9 Å². The zero-order valence-electron chi connectivity index (χ0n) is 12.4. The molecular formula is C17H8ClF2N3OS. The molecule has 0 atom stereocenters. The van der Waals surface area contributed by atoms with Gasteiger partial charge in [-0.3, -0.25) is 0 Å². The van der Waals surface area contributed by atoms with Gasteiger partial charge in [-0.1, -0.05) is 11.6 Å². The molecule has 4 nitrogen and oxygen atoms in total. The Kier molecular flexibility index (Phi) is 4.03. The Hall–Kier alpha value is -2.64. The molecule has 0 unspecified atom stereocenters. The second-order valence-corrected chi connectivity index (χ2v) is 6.34. The van der Waals surface area contributed by atoms with Crippen LogP contribution < -0.4 is 4.74 Å². The van der Waals surface area contributed by atoms with Crippen molar-refractivity contribution in [2.75, 3.05) is 0 Å². The number of pyridine rings is 1. The summed E-state index contributed by atoms with van der Waals surface area (Å²) in [5.74, 6) is -1.04. The van der Waals surface area contributed by atoms with Gasteiger partial charge in [-0.15, -0.1) is 11.3 Å². The summed E-state index contributed by atoms with van der Waals surface area (Å²) >= 11 is 7.16. The highest BCUT2D eigenvalue weighted by atomic mass is 35.5. The predicted octanol–water partition coefficient (Wildman–Crippen LogP) is 5.48. The van der Waals surface area contributed by atoms with Gasteiger partial charge in [0, 0.05) is 17.8 Å². The van der Waals surface area contributed by atoms with Crippen LogP contribution in [-0.4, -0.2) is 15.0 Å². The number of nitrogens with zero attached hydrogens (tertiary/aromatic N) is 3. The molecule has 0 saturated carbocycles. The van der Waals surface area contributed by atoms with E-state index in [0.717, 1.165) is 12.1 Å². The van der Waals surface area contributed by atoms with Crippen molar-refractivity contribution in [3.8, 4) is 23.0 Å². The molecule has 4 aromatic rings. The number of ether oxygens (including phenoxy) is 1. The fraction of sp³-hybridized carbons (Fsp3) is 0. The number of benzene rings is 1. The molecule has 8 heteroatoms. The molecule has 0 radical (unpaired) electrons. The van der Waals surface area contributed by atoms with Crippen molar-refractivity contribution < 1.29 is 13.5 Å². The van der Waals surface area contributed by atoms with Crippen molar-refractivity contribution in [1.29, 1.82) is 0 Å². The zero-order valence-corrected chi connectivity index (χ0v) is 14.0. The van der Waals surface area contributed by atoms with Crippen LogP contribution in [0.5, 0.6) is 11.6 Å². The first-order chi connectivity index (χ1) is 12.1. The molecule has 0 aliphatic rings. The summed E-state index contributed by atoms with van der Waals surface area (Å²) in [4.78, 5) is 12.8. The number of halogens is 3. The van der Waals surface area contributed by atoms with E-state index in [0.29, 0.717) is 26.8 Å². The van der Waals surface area contributed by atoms with E-state index in [4.69, 9.17) is 16.3 Å². The lowest BCUT2D eigenvalue weighted by atomic mass is 10.2. The second-order valence-electron chi connectivity index (χ2n) is 5.03. The van der Waals surface area contributed by atoms with Crippen LogP contribution >= 0.6 is 22.9 Å². The van der Waals surface area contributed by atoms with E-state index < -0.39 is 11.6 Å². The minimum absolute atomic E-state index is 0.116. The Bertz CT molecular complexity index is 1070. The lowest BCUT2D eigenvalue weighted by Gasteiger charge is -2.08. The Morgan fingerprint density at radius 3 is 2.68 bits per heavy atom. The number of thiophene rings is 1. The van der Waals surface area contributed by atoms with E-state index in [1.807, 2.05) is 11.4 Å². The molecule has 4 rings (SSSR count). The number of fused-ring (bicyclic) bond motifs is 1. The summed E-state index contributed by atoms with van der Waals surface area (Å²) in [5.41, 5.74) is 1.30. The normalized spacial score (nSPS) is 11.0. The highest BCUT2D eigenvalue weighted by Gasteiger charge is 2.15. The Balaban J connectivity index is 1.82. The average molecular weight is 376 g/mol. The summed E-state index contributed by atoms with van der Waals surface area (Å²) in [6.07, 6.45) is 1.54. The quantitative estimate of drug-likeness (QED) is 0.445. The summed E-state index contributed by atoms with van der Waals surface area (Å²) < 4.78 is 33.2. The monoisotopic (exact) mass is 375 g/mol. The molecular weight excluding hydrogens is 368 g/mol. The van der Waals surface area contributed by atoms with Crippen LogP contribution in [0.3, 0.4) is 0 Å². The lowest BCUT2D eigenvalue weighted by Crippen LogP contribution is -1.96. The summed E-state index contributed by atoms with van der Waals surface area (Å²) in [6, 6.07) is 8.25. The molecule has 0 fully saturated rings. The maximum absolute atomic E-state index is 13.9. The largest absolute Gasteiger partial charge is 0.434 e. The summed E-state index contributed by atoms with van der Waals surface area (Å²) in [5, 5.41) is 2.18. The van der Waals surface area contributed by atoms with Crippen molar-refractivity contribution in [2.24, 2.45) is 0 Å². The molecule has 3 aromatic heterocycles. The number of rotatable bonds is 3. The number of hydrogen-bond donors (Lipinski definition) is 0. The van der Waals surface area contributed by atoms with Crippen LogP contribution in [0.2, 0.25) is 5.15 Å². The number of aromatic nitrogens is 3. The van der Waals surface area contributed by atoms with Gasteiger partial charge in [0.1, 0.15) is 15.7 Å². The van der Waals surface area contributed by atoms with E-state index in [-0.39, 0.29) is 11.6 Å². The van der Waals surface area contributed by atoms with Crippen LogP contribution in [0.1, 0.15) is 0 Å². The van der Waals surface area contributed by atoms with E-state index in [9.17, 15) is 8.78 Å². The van der Waals surface area contributed by atoms with Crippen molar-refractivity contribution in [3.05, 3.63) is 64.8 Å². The van der Waals surface area contributed by atoms with Crippen LogP contribution in [-0.2, 0) is 0 Å². The molecule has 1 aromatic carbocycles. The van der Waals surface area contributed by atoms with Gasteiger partial charge in [-0.2, -0.15) is 4.98 Å². The molecule has 0 aliphatic carbocycles. The van der Waals surface area contributed by atoms with Crippen LogP contribution in [0, 0.1) is 11.6 Å².